The zero-order valence-electron chi connectivity index (χ0n) is 26.5. The van der Waals surface area contributed by atoms with Crippen molar-refractivity contribution in [2.75, 3.05) is 31.5 Å². The third-order valence-electron chi connectivity index (χ3n) is 6.97. The molecule has 1 aliphatic carbocycles. The Labute approximate surface area is 267 Å². The number of carbonyl (C=O) groups is 2. The Kier molecular flexibility index (Phi) is 13.3. The summed E-state index contributed by atoms with van der Waals surface area (Å²) in [6.45, 7) is 10.1. The van der Waals surface area contributed by atoms with Gasteiger partial charge in [0.05, 0.1) is 17.3 Å². The number of alkyl halides is 3. The molecular formula is C34H40F3N7O2. The lowest BCUT2D eigenvalue weighted by atomic mass is 10.0. The molecule has 1 aromatic carbocycles. The molecule has 2 amide bonds. The number of halogens is 3. The first kappa shape index (κ1) is 35.7. The van der Waals surface area contributed by atoms with Crippen molar-refractivity contribution in [1.29, 1.82) is 5.41 Å². The van der Waals surface area contributed by atoms with E-state index in [1.54, 1.807) is 11.0 Å². The van der Waals surface area contributed by atoms with Gasteiger partial charge in [0.2, 0.25) is 5.91 Å². The number of hydrogen-bond donors (Lipinski definition) is 3. The number of aromatic nitrogens is 3. The Morgan fingerprint density at radius 2 is 1.76 bits per heavy atom. The van der Waals surface area contributed by atoms with Gasteiger partial charge in [-0.3, -0.25) is 19.5 Å². The second-order valence-corrected chi connectivity index (χ2v) is 10.1. The number of rotatable bonds is 7. The lowest BCUT2D eigenvalue weighted by Gasteiger charge is -2.35. The average Bonchev–Trinajstić information content (AvgIpc) is 3.83. The van der Waals surface area contributed by atoms with Crippen molar-refractivity contribution >= 4 is 29.8 Å². The molecule has 46 heavy (non-hydrogen) atoms. The number of piperazine rings is 1. The molecule has 1 saturated carbocycles. The quantitative estimate of drug-likeness (QED) is 0.210. The molecule has 1 saturated heterocycles. The van der Waals surface area contributed by atoms with Crippen LogP contribution in [0.1, 0.15) is 79.1 Å². The van der Waals surface area contributed by atoms with Crippen molar-refractivity contribution in [1.82, 2.24) is 24.8 Å². The maximum atomic E-state index is 14.0. The number of carbonyl (C=O) groups excluding carboxylic acids is 2. The summed E-state index contributed by atoms with van der Waals surface area (Å²) in [4.78, 5) is 40.0. The fraction of sp³-hybridized carbons (Fsp3) is 0.382. The van der Waals surface area contributed by atoms with Crippen LogP contribution in [0.25, 0.3) is 6.08 Å². The van der Waals surface area contributed by atoms with E-state index in [2.05, 4.69) is 32.1 Å². The van der Waals surface area contributed by atoms with Gasteiger partial charge < -0.3 is 20.6 Å². The number of anilines is 1. The van der Waals surface area contributed by atoms with Crippen molar-refractivity contribution < 1.29 is 22.8 Å². The van der Waals surface area contributed by atoms with Crippen LogP contribution in [0.4, 0.5) is 18.9 Å². The van der Waals surface area contributed by atoms with E-state index in [9.17, 15) is 22.8 Å². The molecule has 3 aromatic rings. The van der Waals surface area contributed by atoms with E-state index in [1.165, 1.54) is 42.9 Å². The van der Waals surface area contributed by atoms with E-state index in [-0.39, 0.29) is 35.2 Å². The Bertz CT molecular complexity index is 1570. The number of imidazole rings is 1. The van der Waals surface area contributed by atoms with Gasteiger partial charge in [-0.15, -0.1) is 0 Å². The Morgan fingerprint density at radius 3 is 2.41 bits per heavy atom. The van der Waals surface area contributed by atoms with Gasteiger partial charge >= 0.3 is 6.18 Å². The summed E-state index contributed by atoms with van der Waals surface area (Å²) >= 11 is 0. The van der Waals surface area contributed by atoms with Crippen molar-refractivity contribution in [3.05, 3.63) is 82.7 Å². The number of nitrogens with one attached hydrogen (secondary N) is 3. The first-order valence-corrected chi connectivity index (χ1v) is 15.4. The lowest BCUT2D eigenvalue weighted by Crippen LogP contribution is -2.48. The van der Waals surface area contributed by atoms with Crippen LogP contribution >= 0.6 is 0 Å². The van der Waals surface area contributed by atoms with Gasteiger partial charge in [0.1, 0.15) is 11.5 Å². The van der Waals surface area contributed by atoms with Gasteiger partial charge in [-0.05, 0) is 54.7 Å². The molecule has 0 unspecified atom stereocenters. The summed E-state index contributed by atoms with van der Waals surface area (Å²) in [7, 11) is 0. The standard InChI is InChI=1S/C30H28F3N7O2.2C2H6/c31-30(32,33)26-15-24(8-6-22(26)19-39-10-12-40(13-11-39)29(42)21-4-5-21)38-28(41)23-14-20(16-35-17-23)3-7-25-18-36-27(37-25)2-1-9-34;2*1-2/h1-2,6,8-9,14-18,21,34H,4-5,10-13,19H2,(H,36,37)(H,38,41);2*1-2H3/b2-1-,34-9?;;. The van der Waals surface area contributed by atoms with Gasteiger partial charge in [0, 0.05) is 68.5 Å². The summed E-state index contributed by atoms with van der Waals surface area (Å²) in [6.07, 6.45) is 5.78. The second kappa shape index (κ2) is 17.1. The van der Waals surface area contributed by atoms with Gasteiger partial charge in [-0.1, -0.05) is 39.7 Å². The highest BCUT2D eigenvalue weighted by Gasteiger charge is 2.36. The van der Waals surface area contributed by atoms with Gasteiger partial charge in [0.15, 0.2) is 0 Å². The predicted octanol–water partition coefficient (Wildman–Crippen LogP) is 6.24. The van der Waals surface area contributed by atoms with E-state index >= 15 is 0 Å². The molecule has 0 bridgehead atoms. The number of H-pyrrole nitrogens is 1. The van der Waals surface area contributed by atoms with Crippen molar-refractivity contribution in [2.45, 2.75) is 53.3 Å². The zero-order chi connectivity index (χ0) is 33.7. The number of benzene rings is 1. The summed E-state index contributed by atoms with van der Waals surface area (Å²) in [6, 6.07) is 5.28. The molecule has 12 heteroatoms. The molecule has 3 N–H and O–H groups in total. The van der Waals surface area contributed by atoms with Gasteiger partial charge in [0.25, 0.3) is 5.91 Å². The largest absolute Gasteiger partial charge is 0.416 e. The van der Waals surface area contributed by atoms with Crippen molar-refractivity contribution in [3.63, 3.8) is 0 Å². The molecule has 0 spiro atoms. The van der Waals surface area contributed by atoms with Crippen LogP contribution in [0.15, 0.2) is 48.9 Å². The van der Waals surface area contributed by atoms with Crippen molar-refractivity contribution in [2.24, 2.45) is 5.92 Å². The number of aromatic amines is 1. The summed E-state index contributed by atoms with van der Waals surface area (Å²) in [5.74, 6) is 5.93. The van der Waals surface area contributed by atoms with Gasteiger partial charge in [-0.25, -0.2) is 4.98 Å². The molecule has 0 atom stereocenters. The summed E-state index contributed by atoms with van der Waals surface area (Å²) in [5.41, 5.74) is 0.384. The SMILES string of the molecule is CC.CC.N=C/C=C\c1ncc(C#Cc2cncc(C(=O)Nc3ccc(CN4CCN(C(=O)C5CC5)CC4)c(C(F)(F)F)c3)c2)[nH]1. The topological polar surface area (TPSA) is 118 Å². The predicted molar refractivity (Wildman–Crippen MR) is 173 cm³/mol. The van der Waals surface area contributed by atoms with Crippen LogP contribution in [0, 0.1) is 23.2 Å². The van der Waals surface area contributed by atoms with Crippen LogP contribution in [0.2, 0.25) is 0 Å². The minimum Gasteiger partial charge on any atom is -0.340 e. The number of amides is 2. The normalized spacial score (nSPS) is 14.6. The Morgan fingerprint density at radius 1 is 1.04 bits per heavy atom. The maximum Gasteiger partial charge on any atom is 0.416 e. The third kappa shape index (κ3) is 10.1. The van der Waals surface area contributed by atoms with Crippen LogP contribution < -0.4 is 5.32 Å². The van der Waals surface area contributed by atoms with Crippen LogP contribution in [-0.2, 0) is 17.5 Å². The third-order valence-corrected chi connectivity index (χ3v) is 6.97. The first-order chi connectivity index (χ1) is 22.2. The highest BCUT2D eigenvalue weighted by Crippen LogP contribution is 2.35. The Balaban J connectivity index is 0.00000139. The van der Waals surface area contributed by atoms with Crippen molar-refractivity contribution in [3.8, 4) is 11.8 Å². The smallest absolute Gasteiger partial charge is 0.340 e. The van der Waals surface area contributed by atoms with E-state index in [0.717, 1.165) is 25.1 Å². The fourth-order valence-corrected chi connectivity index (χ4v) is 4.61. The van der Waals surface area contributed by atoms with Crippen LogP contribution in [-0.4, -0.2) is 69.0 Å². The number of pyridine rings is 1. The Hall–Kier alpha value is -4.76. The molecule has 5 rings (SSSR count). The molecule has 0 radical (unpaired) electrons. The van der Waals surface area contributed by atoms with E-state index in [1.807, 2.05) is 32.6 Å². The van der Waals surface area contributed by atoms with E-state index in [0.29, 0.717) is 43.3 Å². The maximum absolute atomic E-state index is 14.0. The summed E-state index contributed by atoms with van der Waals surface area (Å²) < 4.78 is 42.1. The molecule has 2 fully saturated rings. The molecule has 2 aliphatic rings. The van der Waals surface area contributed by atoms with E-state index < -0.39 is 17.6 Å². The molecule has 244 valence electrons. The molecule has 3 heterocycles. The van der Waals surface area contributed by atoms with Crippen LogP contribution in [0.5, 0.6) is 0 Å². The minimum atomic E-state index is -4.61. The number of hydrogen-bond acceptors (Lipinski definition) is 6. The molecule has 2 aromatic heterocycles. The zero-order valence-corrected chi connectivity index (χ0v) is 26.5. The minimum absolute atomic E-state index is 0.00961. The molecule has 1 aliphatic heterocycles. The average molecular weight is 636 g/mol. The van der Waals surface area contributed by atoms with E-state index in [4.69, 9.17) is 5.41 Å². The lowest BCUT2D eigenvalue weighted by molar-refractivity contribution is -0.138. The number of nitrogens with zero attached hydrogens (tertiary/aromatic N) is 4. The van der Waals surface area contributed by atoms with Crippen LogP contribution in [0.3, 0.4) is 0 Å². The highest BCUT2D eigenvalue weighted by molar-refractivity contribution is 6.04. The number of allylic oxidation sites excluding steroid dienone is 1. The fourth-order valence-electron chi connectivity index (χ4n) is 4.61. The molecule has 9 nitrogen and oxygen atoms in total. The molecular weight excluding hydrogens is 595 g/mol. The monoisotopic (exact) mass is 635 g/mol. The summed E-state index contributed by atoms with van der Waals surface area (Å²) in [5, 5.41) is 9.55. The first-order valence-electron chi connectivity index (χ1n) is 15.4. The van der Waals surface area contributed by atoms with Gasteiger partial charge in [-0.2, -0.15) is 13.2 Å². The highest BCUT2D eigenvalue weighted by atomic mass is 19.4. The second-order valence-electron chi connectivity index (χ2n) is 10.1.